The molecule has 5 nitrogen and oxygen atoms in total. The number of nitrogens with one attached hydrogen (secondary N) is 1. The van der Waals surface area contributed by atoms with Crippen LogP contribution in [0.5, 0.6) is 0 Å². The highest BCUT2D eigenvalue weighted by molar-refractivity contribution is 6.30. The molecule has 0 atom stereocenters. The third kappa shape index (κ3) is 1.31. The summed E-state index contributed by atoms with van der Waals surface area (Å²) >= 11 is 6.05. The molecule has 3 heterocycles. The van der Waals surface area contributed by atoms with Gasteiger partial charge in [-0.3, -0.25) is 0 Å². The predicted molar refractivity (Wildman–Crippen MR) is 67.7 cm³/mol. The number of nitrogens with zero attached hydrogens (tertiary/aromatic N) is 4. The number of fused-ring (bicyclic) bond motifs is 2. The monoisotopic (exact) mass is 261 g/mol. The van der Waals surface area contributed by atoms with Gasteiger partial charge in [0, 0.05) is 23.7 Å². The summed E-state index contributed by atoms with van der Waals surface area (Å²) < 4.78 is 1.95. The van der Waals surface area contributed by atoms with Gasteiger partial charge in [-0.2, -0.15) is 5.10 Å². The van der Waals surface area contributed by atoms with Crippen LogP contribution in [-0.4, -0.2) is 26.3 Å². The van der Waals surface area contributed by atoms with Crippen molar-refractivity contribution in [2.75, 3.05) is 11.9 Å². The van der Waals surface area contributed by atoms with Gasteiger partial charge in [0.2, 0.25) is 0 Å². The Bertz CT molecular complexity index is 589. The van der Waals surface area contributed by atoms with E-state index in [4.69, 9.17) is 11.6 Å². The molecule has 1 aliphatic heterocycles. The Hall–Kier alpha value is -1.62. The summed E-state index contributed by atoms with van der Waals surface area (Å²) in [4.78, 5) is 8.35. The second-order valence-electron chi connectivity index (χ2n) is 5.12. The minimum atomic E-state index is 0.184. The SMILES string of the molecule is Clc1cnc2c(c1)[C@]1(CN2)C[C@@H](n2cncn2)C1. The van der Waals surface area contributed by atoms with Gasteiger partial charge in [-0.1, -0.05) is 11.6 Å². The molecule has 0 unspecified atom stereocenters. The van der Waals surface area contributed by atoms with Gasteiger partial charge in [-0.05, 0) is 18.9 Å². The van der Waals surface area contributed by atoms with Crippen LogP contribution in [0.1, 0.15) is 24.4 Å². The molecule has 1 N–H and O–H groups in total. The number of hydrogen-bond acceptors (Lipinski definition) is 4. The van der Waals surface area contributed by atoms with E-state index in [-0.39, 0.29) is 5.41 Å². The number of rotatable bonds is 1. The van der Waals surface area contributed by atoms with Crippen molar-refractivity contribution in [1.82, 2.24) is 19.7 Å². The van der Waals surface area contributed by atoms with E-state index in [1.54, 1.807) is 18.9 Å². The van der Waals surface area contributed by atoms with Crippen LogP contribution < -0.4 is 5.32 Å². The Balaban J connectivity index is 1.64. The van der Waals surface area contributed by atoms with Crippen molar-refractivity contribution in [3.63, 3.8) is 0 Å². The van der Waals surface area contributed by atoms with Gasteiger partial charge in [0.05, 0.1) is 11.1 Å². The normalized spacial score (nSPS) is 28.8. The average Bonchev–Trinajstić information content (AvgIpc) is 2.92. The fourth-order valence-corrected chi connectivity index (χ4v) is 3.29. The lowest BCUT2D eigenvalue weighted by Gasteiger charge is -2.44. The van der Waals surface area contributed by atoms with E-state index in [9.17, 15) is 0 Å². The highest BCUT2D eigenvalue weighted by atomic mass is 35.5. The zero-order valence-electron chi connectivity index (χ0n) is 9.67. The molecule has 2 aliphatic rings. The number of pyridine rings is 1. The van der Waals surface area contributed by atoms with Gasteiger partial charge in [0.15, 0.2) is 0 Å². The highest BCUT2D eigenvalue weighted by Crippen LogP contribution is 2.54. The molecule has 1 fully saturated rings. The summed E-state index contributed by atoms with van der Waals surface area (Å²) in [5, 5.41) is 8.29. The largest absolute Gasteiger partial charge is 0.369 e. The lowest BCUT2D eigenvalue weighted by atomic mass is 9.63. The van der Waals surface area contributed by atoms with E-state index in [1.807, 2.05) is 10.7 Å². The number of halogens is 1. The average molecular weight is 262 g/mol. The minimum Gasteiger partial charge on any atom is -0.369 e. The minimum absolute atomic E-state index is 0.184. The fraction of sp³-hybridized carbons (Fsp3) is 0.417. The zero-order valence-corrected chi connectivity index (χ0v) is 10.4. The van der Waals surface area contributed by atoms with E-state index in [0.29, 0.717) is 11.1 Å². The second kappa shape index (κ2) is 3.45. The maximum Gasteiger partial charge on any atom is 0.137 e. The molecular formula is C12H12ClN5. The standard InChI is InChI=1S/C12H12ClN5/c13-8-1-10-11(15-4-8)16-5-12(10)2-9(3-12)18-7-14-6-17-18/h1,4,6-7,9H,2-3,5H2,(H,15,16)/t9-,12-. The van der Waals surface area contributed by atoms with E-state index in [2.05, 4.69) is 20.4 Å². The maximum absolute atomic E-state index is 6.05. The van der Waals surface area contributed by atoms with Crippen LogP contribution in [0, 0.1) is 0 Å². The van der Waals surface area contributed by atoms with E-state index in [0.717, 1.165) is 25.2 Å². The van der Waals surface area contributed by atoms with Crippen molar-refractivity contribution < 1.29 is 0 Å². The van der Waals surface area contributed by atoms with Crippen LogP contribution in [0.2, 0.25) is 5.02 Å². The molecule has 2 aromatic heterocycles. The summed E-state index contributed by atoms with van der Waals surface area (Å²) in [6, 6.07) is 2.49. The van der Waals surface area contributed by atoms with E-state index in [1.165, 1.54) is 5.56 Å². The molecule has 1 spiro atoms. The number of hydrogen-bond donors (Lipinski definition) is 1. The maximum atomic E-state index is 6.05. The number of aromatic nitrogens is 4. The van der Waals surface area contributed by atoms with Gasteiger partial charge in [-0.25, -0.2) is 14.6 Å². The van der Waals surface area contributed by atoms with Crippen LogP contribution in [0.25, 0.3) is 0 Å². The summed E-state index contributed by atoms with van der Waals surface area (Å²) in [5.74, 6) is 0.983. The summed E-state index contributed by atoms with van der Waals surface area (Å²) in [6.07, 6.45) is 7.21. The van der Waals surface area contributed by atoms with Crippen molar-refractivity contribution in [3.8, 4) is 0 Å². The Morgan fingerprint density at radius 2 is 2.33 bits per heavy atom. The first-order valence-electron chi connectivity index (χ1n) is 6.01. The van der Waals surface area contributed by atoms with Crippen molar-refractivity contribution in [2.45, 2.75) is 24.3 Å². The van der Waals surface area contributed by atoms with E-state index >= 15 is 0 Å². The van der Waals surface area contributed by atoms with Crippen molar-refractivity contribution >= 4 is 17.4 Å². The highest BCUT2D eigenvalue weighted by Gasteiger charge is 2.51. The zero-order chi connectivity index (χ0) is 12.2. The molecule has 6 heteroatoms. The molecule has 1 aliphatic carbocycles. The van der Waals surface area contributed by atoms with Crippen LogP contribution in [0.4, 0.5) is 5.82 Å². The molecular weight excluding hydrogens is 250 g/mol. The quantitative estimate of drug-likeness (QED) is 0.853. The molecule has 0 bridgehead atoms. The molecule has 1 saturated carbocycles. The third-order valence-electron chi connectivity index (χ3n) is 4.08. The Morgan fingerprint density at radius 3 is 3.11 bits per heavy atom. The first-order chi connectivity index (χ1) is 8.77. The molecule has 0 aromatic carbocycles. The summed E-state index contributed by atoms with van der Waals surface area (Å²) in [6.45, 7) is 0.945. The Labute approximate surface area is 109 Å². The smallest absolute Gasteiger partial charge is 0.137 e. The predicted octanol–water partition coefficient (Wildman–Crippen LogP) is 2.02. The molecule has 18 heavy (non-hydrogen) atoms. The summed E-state index contributed by atoms with van der Waals surface area (Å²) in [5.41, 5.74) is 1.44. The molecule has 0 saturated heterocycles. The van der Waals surface area contributed by atoms with E-state index < -0.39 is 0 Å². The lowest BCUT2D eigenvalue weighted by Crippen LogP contribution is -2.44. The molecule has 0 amide bonds. The van der Waals surface area contributed by atoms with Crippen molar-refractivity contribution in [1.29, 1.82) is 0 Å². The topological polar surface area (TPSA) is 55.6 Å². The van der Waals surface area contributed by atoms with Gasteiger partial charge in [-0.15, -0.1) is 0 Å². The third-order valence-corrected chi connectivity index (χ3v) is 4.29. The molecule has 2 aromatic rings. The first-order valence-corrected chi connectivity index (χ1v) is 6.39. The number of anilines is 1. The first kappa shape index (κ1) is 10.3. The van der Waals surface area contributed by atoms with Crippen LogP contribution in [0.15, 0.2) is 24.9 Å². The van der Waals surface area contributed by atoms with Crippen molar-refractivity contribution in [3.05, 3.63) is 35.5 Å². The fourth-order valence-electron chi connectivity index (χ4n) is 3.13. The Kier molecular flexibility index (Phi) is 1.97. The van der Waals surface area contributed by atoms with Gasteiger partial charge < -0.3 is 5.32 Å². The van der Waals surface area contributed by atoms with Gasteiger partial charge in [0.25, 0.3) is 0 Å². The molecule has 4 rings (SSSR count). The molecule has 92 valence electrons. The summed E-state index contributed by atoms with van der Waals surface area (Å²) in [7, 11) is 0. The second-order valence-corrected chi connectivity index (χ2v) is 5.56. The van der Waals surface area contributed by atoms with Gasteiger partial charge >= 0.3 is 0 Å². The Morgan fingerprint density at radius 1 is 1.44 bits per heavy atom. The van der Waals surface area contributed by atoms with Crippen molar-refractivity contribution in [2.24, 2.45) is 0 Å². The lowest BCUT2D eigenvalue weighted by molar-refractivity contribution is 0.154. The van der Waals surface area contributed by atoms with Gasteiger partial charge in [0.1, 0.15) is 18.5 Å². The molecule has 0 radical (unpaired) electrons. The van der Waals surface area contributed by atoms with Crippen LogP contribution in [0.3, 0.4) is 0 Å². The van der Waals surface area contributed by atoms with Crippen LogP contribution >= 0.6 is 11.6 Å². The van der Waals surface area contributed by atoms with Crippen LogP contribution in [-0.2, 0) is 5.41 Å².